The Morgan fingerprint density at radius 2 is 1.87 bits per heavy atom. The maximum Gasteiger partial charge on any atom is 0.251 e. The number of benzene rings is 3. The van der Waals surface area contributed by atoms with Crippen molar-refractivity contribution in [2.45, 2.75) is 24.8 Å². The molecule has 202 valence electrons. The molecule has 1 aliphatic rings. The van der Waals surface area contributed by atoms with E-state index in [0.29, 0.717) is 54.5 Å². The molecule has 0 fully saturated rings. The third-order valence-electron chi connectivity index (χ3n) is 6.36. The average Bonchev–Trinajstić information content (AvgIpc) is 3.40. The number of carbonyl (C=O) groups is 1. The van der Waals surface area contributed by atoms with E-state index in [9.17, 15) is 4.79 Å². The van der Waals surface area contributed by atoms with Gasteiger partial charge in [0, 0.05) is 42.2 Å². The SMILES string of the molecule is COc1ccccc1CCNC(=O)[C@@]1(Cc2ccccc2N=[N+]=[N-])COC(c2ccc(OCCCO)cc2)=N1. The number of aliphatic hydroxyl groups excluding tert-OH is 1. The number of para-hydroxylation sites is 1. The molecular weight excluding hydrogens is 498 g/mol. The fourth-order valence-electron chi connectivity index (χ4n) is 4.34. The molecule has 1 heterocycles. The van der Waals surface area contributed by atoms with Gasteiger partial charge in [0.2, 0.25) is 5.90 Å². The first kappa shape index (κ1) is 27.5. The van der Waals surface area contributed by atoms with Crippen molar-refractivity contribution in [3.63, 3.8) is 0 Å². The maximum atomic E-state index is 13.7. The topological polar surface area (TPSA) is 138 Å². The minimum Gasteiger partial charge on any atom is -0.496 e. The summed E-state index contributed by atoms with van der Waals surface area (Å²) in [4.78, 5) is 21.4. The van der Waals surface area contributed by atoms with Crippen molar-refractivity contribution in [3.05, 3.63) is 99.9 Å². The first-order valence-corrected chi connectivity index (χ1v) is 12.7. The van der Waals surface area contributed by atoms with E-state index in [1.54, 1.807) is 31.4 Å². The molecule has 0 saturated carbocycles. The molecule has 10 nitrogen and oxygen atoms in total. The predicted octanol–water partition coefficient (Wildman–Crippen LogP) is 4.52. The fourth-order valence-corrected chi connectivity index (χ4v) is 4.34. The lowest BCUT2D eigenvalue weighted by atomic mass is 9.90. The van der Waals surface area contributed by atoms with Gasteiger partial charge in [0.15, 0.2) is 5.54 Å². The number of hydrogen-bond acceptors (Lipinski definition) is 7. The Balaban J connectivity index is 1.57. The average molecular weight is 530 g/mol. The highest BCUT2D eigenvalue weighted by Crippen LogP contribution is 2.31. The van der Waals surface area contributed by atoms with Crippen LogP contribution in [-0.2, 0) is 22.4 Å². The van der Waals surface area contributed by atoms with E-state index in [0.717, 1.165) is 11.3 Å². The van der Waals surface area contributed by atoms with Crippen LogP contribution in [0.2, 0.25) is 0 Å². The molecule has 39 heavy (non-hydrogen) atoms. The highest BCUT2D eigenvalue weighted by Gasteiger charge is 2.44. The Hall–Kier alpha value is -4.53. The number of amides is 1. The van der Waals surface area contributed by atoms with Crippen LogP contribution in [-0.4, -0.2) is 55.9 Å². The largest absolute Gasteiger partial charge is 0.496 e. The fraction of sp³-hybridized carbons (Fsp3) is 0.310. The highest BCUT2D eigenvalue weighted by molar-refractivity contribution is 6.00. The summed E-state index contributed by atoms with van der Waals surface area (Å²) in [5.41, 5.74) is 10.6. The van der Waals surface area contributed by atoms with Crippen molar-refractivity contribution < 1.29 is 24.1 Å². The third-order valence-corrected chi connectivity index (χ3v) is 6.36. The van der Waals surface area contributed by atoms with Gasteiger partial charge in [-0.1, -0.05) is 47.6 Å². The number of carbonyl (C=O) groups excluding carboxylic acids is 1. The first-order chi connectivity index (χ1) is 19.1. The molecular formula is C29H31N5O5. The molecule has 0 unspecified atom stereocenters. The zero-order valence-corrected chi connectivity index (χ0v) is 21.7. The van der Waals surface area contributed by atoms with Gasteiger partial charge in [-0.3, -0.25) is 4.79 Å². The minimum absolute atomic E-state index is 0.0299. The molecule has 1 aliphatic heterocycles. The van der Waals surface area contributed by atoms with E-state index in [4.69, 9.17) is 29.8 Å². The van der Waals surface area contributed by atoms with Crippen molar-refractivity contribution in [3.8, 4) is 11.5 Å². The monoisotopic (exact) mass is 529 g/mol. The molecule has 3 aromatic carbocycles. The Labute approximate surface area is 226 Å². The van der Waals surface area contributed by atoms with Crippen LogP contribution in [0, 0.1) is 0 Å². The van der Waals surface area contributed by atoms with Gasteiger partial charge in [0.1, 0.15) is 18.1 Å². The molecule has 10 heteroatoms. The normalized spacial score (nSPS) is 16.0. The maximum absolute atomic E-state index is 13.7. The van der Waals surface area contributed by atoms with Crippen LogP contribution >= 0.6 is 0 Å². The van der Waals surface area contributed by atoms with Crippen molar-refractivity contribution in [2.24, 2.45) is 10.1 Å². The molecule has 3 aromatic rings. The highest BCUT2D eigenvalue weighted by atomic mass is 16.5. The molecule has 0 aliphatic carbocycles. The summed E-state index contributed by atoms with van der Waals surface area (Å²) in [6, 6.07) is 22.0. The van der Waals surface area contributed by atoms with Gasteiger partial charge in [0.05, 0.1) is 13.7 Å². The number of methoxy groups -OCH3 is 1. The van der Waals surface area contributed by atoms with Crippen LogP contribution < -0.4 is 14.8 Å². The molecule has 0 spiro atoms. The van der Waals surface area contributed by atoms with Crippen LogP contribution in [0.5, 0.6) is 11.5 Å². The smallest absolute Gasteiger partial charge is 0.251 e. The van der Waals surface area contributed by atoms with Gasteiger partial charge in [-0.15, -0.1) is 0 Å². The summed E-state index contributed by atoms with van der Waals surface area (Å²) in [5, 5.41) is 15.8. The zero-order chi connectivity index (χ0) is 27.5. The van der Waals surface area contributed by atoms with Crippen LogP contribution in [0.4, 0.5) is 5.69 Å². The number of nitrogens with zero attached hydrogens (tertiary/aromatic N) is 4. The van der Waals surface area contributed by atoms with Crippen molar-refractivity contribution in [1.29, 1.82) is 0 Å². The van der Waals surface area contributed by atoms with Gasteiger partial charge >= 0.3 is 0 Å². The molecule has 0 aromatic heterocycles. The first-order valence-electron chi connectivity index (χ1n) is 12.7. The van der Waals surface area contributed by atoms with Crippen molar-refractivity contribution in [1.82, 2.24) is 5.32 Å². The second-order valence-corrected chi connectivity index (χ2v) is 9.00. The lowest BCUT2D eigenvalue weighted by molar-refractivity contribution is -0.126. The minimum atomic E-state index is -1.26. The Bertz CT molecular complexity index is 1350. The van der Waals surface area contributed by atoms with E-state index in [2.05, 4.69) is 15.3 Å². The lowest BCUT2D eigenvalue weighted by Gasteiger charge is -2.24. The second-order valence-electron chi connectivity index (χ2n) is 9.00. The van der Waals surface area contributed by atoms with E-state index >= 15 is 0 Å². The van der Waals surface area contributed by atoms with Gasteiger partial charge in [-0.05, 0) is 53.4 Å². The van der Waals surface area contributed by atoms with Crippen LogP contribution in [0.25, 0.3) is 10.4 Å². The summed E-state index contributed by atoms with van der Waals surface area (Å²) in [6.45, 7) is 0.885. The molecule has 0 bridgehead atoms. The van der Waals surface area contributed by atoms with Gasteiger partial charge in [-0.25, -0.2) is 4.99 Å². The lowest BCUT2D eigenvalue weighted by Crippen LogP contribution is -2.49. The van der Waals surface area contributed by atoms with E-state index in [1.807, 2.05) is 48.5 Å². The summed E-state index contributed by atoms with van der Waals surface area (Å²) in [5.74, 6) is 1.48. The van der Waals surface area contributed by atoms with Crippen LogP contribution in [0.3, 0.4) is 0 Å². The Morgan fingerprint density at radius 1 is 1.13 bits per heavy atom. The van der Waals surface area contributed by atoms with E-state index in [1.165, 1.54) is 0 Å². The van der Waals surface area contributed by atoms with E-state index in [-0.39, 0.29) is 25.5 Å². The number of aliphatic imine (C=N–C) groups is 1. The Kier molecular flexibility index (Phi) is 9.39. The molecule has 0 saturated heterocycles. The van der Waals surface area contributed by atoms with Gasteiger partial charge in [0.25, 0.3) is 5.91 Å². The summed E-state index contributed by atoms with van der Waals surface area (Å²) in [7, 11) is 1.62. The predicted molar refractivity (Wildman–Crippen MR) is 148 cm³/mol. The van der Waals surface area contributed by atoms with E-state index < -0.39 is 5.54 Å². The van der Waals surface area contributed by atoms with Crippen LogP contribution in [0.1, 0.15) is 23.1 Å². The zero-order valence-electron chi connectivity index (χ0n) is 21.7. The number of aliphatic hydroxyl groups is 1. The molecule has 0 radical (unpaired) electrons. The van der Waals surface area contributed by atoms with Crippen molar-refractivity contribution >= 4 is 17.5 Å². The summed E-state index contributed by atoms with van der Waals surface area (Å²) >= 11 is 0. The third kappa shape index (κ3) is 6.87. The molecule has 1 amide bonds. The molecule has 4 rings (SSSR count). The van der Waals surface area contributed by atoms with Crippen LogP contribution in [0.15, 0.2) is 82.9 Å². The number of nitrogens with one attached hydrogen (secondary N) is 1. The van der Waals surface area contributed by atoms with Gasteiger partial charge < -0.3 is 24.6 Å². The summed E-state index contributed by atoms with van der Waals surface area (Å²) in [6.07, 6.45) is 1.31. The standard InChI is InChI=1S/C29H31N5O5/c1-37-26-10-5-3-7-21(26)15-16-31-28(36)29(19-23-8-2-4-9-25(23)33-34-30)20-39-27(32-29)22-11-13-24(14-12-22)38-18-6-17-35/h2-5,7-14,35H,6,15-20H2,1H3,(H,31,36)/t29-/m1/s1. The summed E-state index contributed by atoms with van der Waals surface area (Å²) < 4.78 is 17.0. The quantitative estimate of drug-likeness (QED) is 0.145. The number of rotatable bonds is 13. The molecule has 2 N–H and O–H groups in total. The number of hydrogen-bond donors (Lipinski definition) is 2. The number of azide groups is 1. The van der Waals surface area contributed by atoms with Crippen molar-refractivity contribution in [2.75, 3.05) is 33.5 Å². The second kappa shape index (κ2) is 13.3. The van der Waals surface area contributed by atoms with Gasteiger partial charge in [-0.2, -0.15) is 0 Å². The number of ether oxygens (including phenoxy) is 3. The molecule has 1 atom stereocenters. The Morgan fingerprint density at radius 3 is 2.62 bits per heavy atom.